The number of aryl methyl sites for hydroxylation is 1. The van der Waals surface area contributed by atoms with Gasteiger partial charge in [-0.2, -0.15) is 8.78 Å². The minimum absolute atomic E-state index is 0.283. The quantitative estimate of drug-likeness (QED) is 0.627. The second kappa shape index (κ2) is 8.27. The Kier molecular flexibility index (Phi) is 5.64. The van der Waals surface area contributed by atoms with Crippen LogP contribution in [-0.4, -0.2) is 51.9 Å². The molecular formula is C22H24F2N6O2. The number of nitrogens with two attached hydrogens (primary N) is 1. The summed E-state index contributed by atoms with van der Waals surface area (Å²) in [5.41, 5.74) is 7.39. The molecule has 0 saturated carbocycles. The molecule has 32 heavy (non-hydrogen) atoms. The predicted molar refractivity (Wildman–Crippen MR) is 117 cm³/mol. The number of aromatic amines is 1. The number of carbonyl (C=O) groups excluding carboxylic acids is 1. The summed E-state index contributed by atoms with van der Waals surface area (Å²) in [5, 5.41) is 0. The summed E-state index contributed by atoms with van der Waals surface area (Å²) in [7, 11) is 0. The number of hydrogen-bond donors (Lipinski definition) is 2. The van der Waals surface area contributed by atoms with Crippen LogP contribution in [0, 0.1) is 6.92 Å². The van der Waals surface area contributed by atoms with Gasteiger partial charge in [0.15, 0.2) is 5.69 Å². The number of hydrogen-bond acceptors (Lipinski definition) is 6. The predicted octanol–water partition coefficient (Wildman–Crippen LogP) is 2.16. The Morgan fingerprint density at radius 2 is 1.94 bits per heavy atom. The van der Waals surface area contributed by atoms with Crippen LogP contribution in [0.5, 0.6) is 0 Å². The van der Waals surface area contributed by atoms with E-state index >= 15 is 0 Å². The number of aromatic nitrogens is 3. The highest BCUT2D eigenvalue weighted by Crippen LogP contribution is 2.24. The molecule has 0 spiro atoms. The van der Waals surface area contributed by atoms with Gasteiger partial charge in [-0.3, -0.25) is 14.5 Å². The van der Waals surface area contributed by atoms with Crippen molar-refractivity contribution < 1.29 is 13.6 Å². The largest absolute Gasteiger partial charge is 0.368 e. The Morgan fingerprint density at radius 3 is 2.56 bits per heavy atom. The van der Waals surface area contributed by atoms with Gasteiger partial charge in [-0.05, 0) is 36.2 Å². The van der Waals surface area contributed by atoms with E-state index in [1.165, 1.54) is 0 Å². The van der Waals surface area contributed by atoms with Crippen LogP contribution in [0.3, 0.4) is 0 Å². The zero-order valence-electron chi connectivity index (χ0n) is 17.9. The monoisotopic (exact) mass is 442 g/mol. The number of primary amides is 1. The van der Waals surface area contributed by atoms with Gasteiger partial charge in [0, 0.05) is 39.6 Å². The summed E-state index contributed by atoms with van der Waals surface area (Å²) in [6.07, 6.45) is 1.67. The van der Waals surface area contributed by atoms with E-state index in [1.54, 1.807) is 18.3 Å². The molecule has 0 unspecified atom stereocenters. The molecular weight excluding hydrogens is 418 g/mol. The van der Waals surface area contributed by atoms with E-state index in [2.05, 4.69) is 24.8 Å². The number of alkyl halides is 2. The average Bonchev–Trinajstić information content (AvgIpc) is 2.72. The number of fused-ring (bicyclic) bond motifs is 1. The third kappa shape index (κ3) is 4.45. The number of amides is 1. The lowest BCUT2D eigenvalue weighted by Crippen LogP contribution is -2.46. The molecule has 1 aromatic carbocycles. The molecule has 0 bridgehead atoms. The first-order valence-corrected chi connectivity index (χ1v) is 10.3. The van der Waals surface area contributed by atoms with Gasteiger partial charge in [-0.15, -0.1) is 0 Å². The lowest BCUT2D eigenvalue weighted by molar-refractivity contribution is 0.0115. The van der Waals surface area contributed by atoms with Gasteiger partial charge in [-0.25, -0.2) is 9.97 Å². The van der Waals surface area contributed by atoms with Crippen LogP contribution in [0.15, 0.2) is 35.3 Å². The van der Waals surface area contributed by atoms with Crippen LogP contribution in [-0.2, 0) is 12.5 Å². The highest BCUT2D eigenvalue weighted by atomic mass is 19.3. The summed E-state index contributed by atoms with van der Waals surface area (Å²) in [5.74, 6) is -3.83. The molecule has 8 nitrogen and oxygen atoms in total. The zero-order chi connectivity index (χ0) is 23.0. The minimum Gasteiger partial charge on any atom is -0.368 e. The molecule has 0 atom stereocenters. The molecule has 1 aliphatic rings. The van der Waals surface area contributed by atoms with Crippen LogP contribution in [0.1, 0.15) is 34.2 Å². The van der Waals surface area contributed by atoms with Crippen molar-refractivity contribution in [3.05, 3.63) is 63.3 Å². The number of piperazine rings is 1. The number of nitrogens with zero attached hydrogens (tertiary/aromatic N) is 4. The van der Waals surface area contributed by atoms with E-state index in [1.807, 2.05) is 19.1 Å². The van der Waals surface area contributed by atoms with Crippen molar-refractivity contribution in [3.8, 4) is 0 Å². The fraction of sp³-hybridized carbons (Fsp3) is 0.364. The van der Waals surface area contributed by atoms with Crippen molar-refractivity contribution >= 4 is 22.6 Å². The van der Waals surface area contributed by atoms with Crippen molar-refractivity contribution in [1.82, 2.24) is 19.9 Å². The van der Waals surface area contributed by atoms with Gasteiger partial charge in [0.1, 0.15) is 5.69 Å². The number of carbonyl (C=O) groups is 1. The number of pyridine rings is 1. The Hall–Kier alpha value is -3.40. The van der Waals surface area contributed by atoms with Crippen molar-refractivity contribution in [1.29, 1.82) is 0 Å². The number of anilines is 1. The minimum atomic E-state index is -3.30. The zero-order valence-corrected chi connectivity index (χ0v) is 17.9. The van der Waals surface area contributed by atoms with Gasteiger partial charge >= 0.3 is 0 Å². The highest BCUT2D eigenvalue weighted by Gasteiger charge is 2.30. The Morgan fingerprint density at radius 1 is 1.22 bits per heavy atom. The fourth-order valence-electron chi connectivity index (χ4n) is 3.94. The molecule has 1 fully saturated rings. The number of nitrogens with one attached hydrogen (secondary N) is 1. The molecule has 3 aromatic rings. The van der Waals surface area contributed by atoms with Crippen molar-refractivity contribution in [2.75, 3.05) is 31.1 Å². The van der Waals surface area contributed by atoms with E-state index in [0.717, 1.165) is 43.0 Å². The molecule has 1 saturated heterocycles. The van der Waals surface area contributed by atoms with Crippen molar-refractivity contribution in [2.45, 2.75) is 26.3 Å². The van der Waals surface area contributed by atoms with Gasteiger partial charge < -0.3 is 15.6 Å². The molecule has 1 amide bonds. The average molecular weight is 442 g/mol. The van der Waals surface area contributed by atoms with Gasteiger partial charge in [0.05, 0.1) is 22.9 Å². The molecule has 4 rings (SSSR count). The van der Waals surface area contributed by atoms with Crippen molar-refractivity contribution in [2.24, 2.45) is 5.73 Å². The first kappa shape index (κ1) is 21.8. The molecule has 168 valence electrons. The second-order valence-electron chi connectivity index (χ2n) is 8.14. The maximum absolute atomic E-state index is 13.5. The molecule has 3 N–H and O–H groups in total. The Labute approximate surface area is 183 Å². The maximum Gasteiger partial charge on any atom is 0.292 e. The Bertz CT molecular complexity index is 1230. The molecule has 0 aliphatic carbocycles. The van der Waals surface area contributed by atoms with Crippen molar-refractivity contribution in [3.63, 3.8) is 0 Å². The van der Waals surface area contributed by atoms with Gasteiger partial charge in [-0.1, -0.05) is 6.07 Å². The molecule has 2 aromatic heterocycles. The normalized spacial score (nSPS) is 15.3. The van der Waals surface area contributed by atoms with Crippen LogP contribution < -0.4 is 16.2 Å². The first-order chi connectivity index (χ1) is 15.1. The molecule has 0 radical (unpaired) electrons. The SMILES string of the molecule is Cc1cc(N2CCN(Cc3ccc4nc(C(C)(F)F)c(=O)[nH]c4c3)CC2)cnc1C(N)=O. The summed E-state index contributed by atoms with van der Waals surface area (Å²) in [6.45, 7) is 6.34. The van der Waals surface area contributed by atoms with Crippen LogP contribution in [0.2, 0.25) is 0 Å². The second-order valence-corrected chi connectivity index (χ2v) is 8.14. The number of halogens is 2. The third-order valence-corrected chi connectivity index (χ3v) is 5.61. The fourth-order valence-corrected chi connectivity index (χ4v) is 3.94. The lowest BCUT2D eigenvalue weighted by atomic mass is 10.1. The smallest absolute Gasteiger partial charge is 0.292 e. The van der Waals surface area contributed by atoms with Crippen LogP contribution in [0.25, 0.3) is 11.0 Å². The Balaban J connectivity index is 1.43. The van der Waals surface area contributed by atoms with E-state index in [0.29, 0.717) is 24.5 Å². The van der Waals surface area contributed by atoms with Crippen LogP contribution in [0.4, 0.5) is 14.5 Å². The van der Waals surface area contributed by atoms with E-state index < -0.39 is 23.1 Å². The highest BCUT2D eigenvalue weighted by molar-refractivity contribution is 5.92. The third-order valence-electron chi connectivity index (χ3n) is 5.61. The molecule has 3 heterocycles. The lowest BCUT2D eigenvalue weighted by Gasteiger charge is -2.36. The number of benzene rings is 1. The van der Waals surface area contributed by atoms with E-state index in [4.69, 9.17) is 5.73 Å². The summed E-state index contributed by atoms with van der Waals surface area (Å²) < 4.78 is 27.1. The van der Waals surface area contributed by atoms with Gasteiger partial charge in [0.25, 0.3) is 17.4 Å². The maximum atomic E-state index is 13.5. The van der Waals surface area contributed by atoms with Crippen LogP contribution >= 0.6 is 0 Å². The van der Waals surface area contributed by atoms with E-state index in [9.17, 15) is 18.4 Å². The summed E-state index contributed by atoms with van der Waals surface area (Å²) in [4.78, 5) is 38.4. The first-order valence-electron chi connectivity index (χ1n) is 10.3. The standard InChI is InChI=1S/C22H24F2N6O2/c1-13-9-15(11-26-18(13)20(25)31)30-7-5-29(6-8-30)12-14-3-4-16-17(10-14)28-21(32)19(27-16)22(2,23)24/h3-4,9-11H,5-8,12H2,1-2H3,(H2,25,31)(H,28,32). The number of rotatable bonds is 5. The topological polar surface area (TPSA) is 108 Å². The van der Waals surface area contributed by atoms with E-state index in [-0.39, 0.29) is 5.69 Å². The number of H-pyrrole nitrogens is 1. The van der Waals surface area contributed by atoms with Gasteiger partial charge in [0.2, 0.25) is 0 Å². The summed E-state index contributed by atoms with van der Waals surface area (Å²) >= 11 is 0. The summed E-state index contributed by atoms with van der Waals surface area (Å²) in [6, 6.07) is 7.20. The molecule has 1 aliphatic heterocycles. The molecule has 10 heteroatoms.